The molecule has 2 aromatic rings. The molecule has 0 saturated heterocycles. The van der Waals surface area contributed by atoms with Gasteiger partial charge in [-0.1, -0.05) is 49.4 Å². The molecule has 6 heteroatoms. The summed E-state index contributed by atoms with van der Waals surface area (Å²) in [6.07, 6.45) is 1.95. The Labute approximate surface area is 160 Å². The molecule has 1 N–H and O–H groups in total. The summed E-state index contributed by atoms with van der Waals surface area (Å²) in [5.41, 5.74) is 2.79. The van der Waals surface area contributed by atoms with Crippen LogP contribution in [-0.2, 0) is 15.8 Å². The normalized spacial score (nSPS) is 15.3. The first-order valence-electron chi connectivity index (χ1n) is 8.86. The van der Waals surface area contributed by atoms with E-state index in [4.69, 9.17) is 13.2 Å². The van der Waals surface area contributed by atoms with Crippen molar-refractivity contribution < 1.29 is 17.4 Å². The summed E-state index contributed by atoms with van der Waals surface area (Å²) in [4.78, 5) is 0. The Balaban J connectivity index is 2.32. The van der Waals surface area contributed by atoms with E-state index in [9.17, 15) is 4.21 Å². The summed E-state index contributed by atoms with van der Waals surface area (Å²) in [7, 11) is -0.105. The summed E-state index contributed by atoms with van der Waals surface area (Å²) < 4.78 is 30.8. The molecule has 0 saturated carbocycles. The quantitative estimate of drug-likeness (QED) is 0.467. The first-order valence-corrected chi connectivity index (χ1v) is 12.9. The van der Waals surface area contributed by atoms with Gasteiger partial charge < -0.3 is 8.61 Å². The Kier molecular flexibility index (Phi) is 7.58. The van der Waals surface area contributed by atoms with Gasteiger partial charge in [-0.3, -0.25) is 4.55 Å². The molecular weight excluding hydrogens is 364 g/mol. The van der Waals surface area contributed by atoms with Crippen molar-refractivity contribution in [3.05, 3.63) is 65.7 Å². The molecule has 0 amide bonds. The van der Waals surface area contributed by atoms with Gasteiger partial charge in [-0.05, 0) is 55.1 Å². The minimum atomic E-state index is -2.31. The van der Waals surface area contributed by atoms with Crippen LogP contribution in [0.25, 0.3) is 0 Å². The zero-order valence-corrected chi connectivity index (χ0v) is 17.7. The third kappa shape index (κ3) is 5.51. The molecule has 0 aromatic heterocycles. The third-order valence-electron chi connectivity index (χ3n) is 5.08. The summed E-state index contributed by atoms with van der Waals surface area (Å²) in [6.45, 7) is 6.68. The molecule has 0 radical (unpaired) electrons. The van der Waals surface area contributed by atoms with Crippen LogP contribution < -0.4 is 4.18 Å². The molecule has 2 rings (SSSR count). The molecule has 0 aliphatic heterocycles. The summed E-state index contributed by atoms with van der Waals surface area (Å²) >= 11 is -2.31. The molecule has 26 heavy (non-hydrogen) atoms. The van der Waals surface area contributed by atoms with E-state index in [1.807, 2.05) is 25.3 Å². The van der Waals surface area contributed by atoms with Crippen molar-refractivity contribution in [1.29, 1.82) is 0 Å². The van der Waals surface area contributed by atoms with Gasteiger partial charge in [-0.15, -0.1) is 0 Å². The van der Waals surface area contributed by atoms with Gasteiger partial charge in [-0.2, -0.15) is 4.21 Å². The summed E-state index contributed by atoms with van der Waals surface area (Å²) in [6, 6.07) is 18.1. The van der Waals surface area contributed by atoms with Crippen LogP contribution in [0.2, 0.25) is 13.1 Å². The molecule has 4 nitrogen and oxygen atoms in total. The zero-order valence-electron chi connectivity index (χ0n) is 15.8. The van der Waals surface area contributed by atoms with Gasteiger partial charge in [0.25, 0.3) is 0 Å². The Morgan fingerprint density at radius 2 is 1.73 bits per heavy atom. The van der Waals surface area contributed by atoms with Crippen LogP contribution >= 0.6 is 0 Å². The van der Waals surface area contributed by atoms with Crippen molar-refractivity contribution in [3.8, 4) is 5.75 Å². The van der Waals surface area contributed by atoms with Gasteiger partial charge in [0.05, 0.1) is 0 Å². The van der Waals surface area contributed by atoms with Gasteiger partial charge in [0, 0.05) is 12.7 Å². The lowest BCUT2D eigenvalue weighted by molar-refractivity contribution is 0.382. The molecule has 0 spiro atoms. The lowest BCUT2D eigenvalue weighted by Crippen LogP contribution is -2.38. The largest absolute Gasteiger partial charge is 0.420 e. The van der Waals surface area contributed by atoms with Crippen molar-refractivity contribution in [3.63, 3.8) is 0 Å². The zero-order chi connectivity index (χ0) is 19.2. The van der Waals surface area contributed by atoms with E-state index in [0.29, 0.717) is 17.2 Å². The van der Waals surface area contributed by atoms with Crippen LogP contribution in [-0.4, -0.2) is 24.2 Å². The maximum absolute atomic E-state index is 10.9. The van der Waals surface area contributed by atoms with Gasteiger partial charge in [0.1, 0.15) is 5.75 Å². The van der Waals surface area contributed by atoms with Crippen LogP contribution in [0.15, 0.2) is 54.6 Å². The topological polar surface area (TPSA) is 55.8 Å². The van der Waals surface area contributed by atoms with Crippen molar-refractivity contribution >= 4 is 19.7 Å². The van der Waals surface area contributed by atoms with E-state index < -0.39 is 19.7 Å². The fourth-order valence-electron chi connectivity index (χ4n) is 3.37. The van der Waals surface area contributed by atoms with Gasteiger partial charge in [0.2, 0.25) is 0 Å². The van der Waals surface area contributed by atoms with Crippen molar-refractivity contribution in [2.45, 2.75) is 44.3 Å². The fourth-order valence-corrected chi connectivity index (χ4v) is 5.77. The fraction of sp³-hybridized carbons (Fsp3) is 0.400. The summed E-state index contributed by atoms with van der Waals surface area (Å²) in [5, 5.41) is 0. The average Bonchev–Trinajstić information content (AvgIpc) is 2.63. The second kappa shape index (κ2) is 9.46. The standard InChI is InChI=1S/C20H28O4SSi/c1-5-16(18-12-9-13-19(14-18)24-25(21)22)15-20(26(3,4)23-2)17-10-7-6-8-11-17/h6-14,16,20H,5,15H2,1-4H3,(H,21,22). The highest BCUT2D eigenvalue weighted by atomic mass is 32.2. The molecule has 0 bridgehead atoms. The van der Waals surface area contributed by atoms with Crippen molar-refractivity contribution in [2.24, 2.45) is 0 Å². The second-order valence-electron chi connectivity index (χ2n) is 6.98. The lowest BCUT2D eigenvalue weighted by Gasteiger charge is -2.34. The van der Waals surface area contributed by atoms with E-state index in [-0.39, 0.29) is 0 Å². The molecule has 0 heterocycles. The van der Waals surface area contributed by atoms with Crippen LogP contribution in [0, 0.1) is 0 Å². The average molecular weight is 393 g/mol. The lowest BCUT2D eigenvalue weighted by atomic mass is 9.90. The molecule has 3 atom stereocenters. The number of hydrogen-bond acceptors (Lipinski definition) is 3. The maximum atomic E-state index is 10.9. The van der Waals surface area contributed by atoms with Crippen molar-refractivity contribution in [2.75, 3.05) is 7.11 Å². The van der Waals surface area contributed by atoms with Crippen LogP contribution in [0.5, 0.6) is 5.75 Å². The van der Waals surface area contributed by atoms with E-state index in [1.54, 1.807) is 6.07 Å². The maximum Gasteiger partial charge on any atom is 0.357 e. The number of rotatable bonds is 9. The van der Waals surface area contributed by atoms with Crippen LogP contribution in [0.3, 0.4) is 0 Å². The number of hydrogen-bond donors (Lipinski definition) is 1. The summed E-state index contributed by atoms with van der Waals surface area (Å²) in [5.74, 6) is 0.735. The Morgan fingerprint density at radius 1 is 1.08 bits per heavy atom. The molecule has 3 unspecified atom stereocenters. The Morgan fingerprint density at radius 3 is 2.31 bits per heavy atom. The Bertz CT molecular complexity index is 721. The van der Waals surface area contributed by atoms with Gasteiger partial charge >= 0.3 is 11.4 Å². The van der Waals surface area contributed by atoms with E-state index >= 15 is 0 Å². The van der Waals surface area contributed by atoms with Crippen LogP contribution in [0.4, 0.5) is 0 Å². The van der Waals surface area contributed by atoms with E-state index in [1.165, 1.54) is 5.56 Å². The highest BCUT2D eigenvalue weighted by molar-refractivity contribution is 7.74. The monoisotopic (exact) mass is 392 g/mol. The molecule has 0 aliphatic rings. The van der Waals surface area contributed by atoms with Crippen LogP contribution in [0.1, 0.15) is 42.4 Å². The highest BCUT2D eigenvalue weighted by Gasteiger charge is 2.35. The van der Waals surface area contributed by atoms with Gasteiger partial charge in [0.15, 0.2) is 8.32 Å². The smallest absolute Gasteiger partial charge is 0.357 e. The highest BCUT2D eigenvalue weighted by Crippen LogP contribution is 2.38. The molecule has 0 fully saturated rings. The number of benzene rings is 2. The first kappa shape index (κ1) is 20.8. The van der Waals surface area contributed by atoms with E-state index in [2.05, 4.69) is 50.3 Å². The molecule has 142 valence electrons. The SMILES string of the molecule is CCC(CC(c1ccccc1)[Si](C)(C)OC)c1cccc(OS(=O)O)c1. The second-order valence-corrected chi connectivity index (χ2v) is 11.9. The first-order chi connectivity index (χ1) is 12.4. The predicted octanol–water partition coefficient (Wildman–Crippen LogP) is 5.26. The van der Waals surface area contributed by atoms with Crippen molar-refractivity contribution in [1.82, 2.24) is 0 Å². The van der Waals surface area contributed by atoms with E-state index in [0.717, 1.165) is 18.4 Å². The molecule has 2 aromatic carbocycles. The van der Waals surface area contributed by atoms with Gasteiger partial charge in [-0.25, -0.2) is 0 Å². The minimum Gasteiger partial charge on any atom is -0.420 e. The molecular formula is C20H28O4SSi. The minimum absolute atomic E-state index is 0.317. The third-order valence-corrected chi connectivity index (χ3v) is 8.71. The predicted molar refractivity (Wildman–Crippen MR) is 109 cm³/mol. The Hall–Kier alpha value is -1.47. The molecule has 0 aliphatic carbocycles.